The third-order valence-corrected chi connectivity index (χ3v) is 4.67. The van der Waals surface area contributed by atoms with E-state index in [0.717, 1.165) is 15.1 Å². The molecule has 0 aliphatic rings. The molecule has 1 aromatic heterocycles. The highest BCUT2D eigenvalue weighted by Crippen LogP contribution is 2.19. The smallest absolute Gasteiger partial charge is 0.267 e. The molecule has 26 heavy (non-hydrogen) atoms. The first-order valence-corrected chi connectivity index (χ1v) is 9.43. The number of aromatic nitrogens is 2. The number of nitrogens with zero attached hydrogens (tertiary/aromatic N) is 2. The molecule has 3 aromatic rings. The number of nitrogens with one attached hydrogen (secondary N) is 1. The molecule has 1 amide bonds. The largest absolute Gasteiger partial charge is 0.324 e. The van der Waals surface area contributed by atoms with Gasteiger partial charge in [-0.2, -0.15) is 5.10 Å². The fraction of sp³-hybridized carbons (Fsp3) is 0.105. The van der Waals surface area contributed by atoms with E-state index in [9.17, 15) is 9.59 Å². The van der Waals surface area contributed by atoms with Gasteiger partial charge in [-0.15, -0.1) is 11.8 Å². The van der Waals surface area contributed by atoms with Gasteiger partial charge < -0.3 is 5.32 Å². The maximum Gasteiger partial charge on any atom is 0.267 e. The van der Waals surface area contributed by atoms with Gasteiger partial charge in [-0.1, -0.05) is 23.7 Å². The van der Waals surface area contributed by atoms with Gasteiger partial charge in [0.05, 0.1) is 5.69 Å². The predicted octanol–water partition coefficient (Wildman–Crippen LogP) is 3.92. The van der Waals surface area contributed by atoms with Gasteiger partial charge in [-0.3, -0.25) is 9.59 Å². The molecule has 0 aliphatic carbocycles. The lowest BCUT2D eigenvalue weighted by molar-refractivity contribution is -0.117. The van der Waals surface area contributed by atoms with E-state index < -0.39 is 0 Å². The highest BCUT2D eigenvalue weighted by molar-refractivity contribution is 7.98. The van der Waals surface area contributed by atoms with Crippen molar-refractivity contribution in [2.75, 3.05) is 11.6 Å². The summed E-state index contributed by atoms with van der Waals surface area (Å²) >= 11 is 7.52. The first-order chi connectivity index (χ1) is 12.5. The summed E-state index contributed by atoms with van der Waals surface area (Å²) in [5, 5.41) is 7.67. The minimum atomic E-state index is -0.337. The van der Waals surface area contributed by atoms with Crippen molar-refractivity contribution in [1.82, 2.24) is 9.78 Å². The van der Waals surface area contributed by atoms with Crippen LogP contribution in [0, 0.1) is 0 Å². The van der Waals surface area contributed by atoms with E-state index in [4.69, 9.17) is 11.6 Å². The monoisotopic (exact) mass is 385 g/mol. The van der Waals surface area contributed by atoms with E-state index in [1.165, 1.54) is 6.07 Å². The van der Waals surface area contributed by atoms with Crippen molar-refractivity contribution in [3.8, 4) is 11.3 Å². The van der Waals surface area contributed by atoms with Crippen LogP contribution in [0.25, 0.3) is 11.3 Å². The Kier molecular flexibility index (Phi) is 5.75. The minimum Gasteiger partial charge on any atom is -0.324 e. The van der Waals surface area contributed by atoms with Crippen LogP contribution in [0.15, 0.2) is 70.4 Å². The molecule has 0 bridgehead atoms. The molecular weight excluding hydrogens is 370 g/mol. The molecule has 0 spiro atoms. The van der Waals surface area contributed by atoms with E-state index >= 15 is 0 Å². The Labute approximate surface area is 160 Å². The zero-order valence-corrected chi connectivity index (χ0v) is 15.6. The van der Waals surface area contributed by atoms with E-state index in [2.05, 4.69) is 10.4 Å². The molecule has 5 nitrogen and oxygen atoms in total. The number of rotatable bonds is 5. The minimum absolute atomic E-state index is 0.162. The second-order valence-electron chi connectivity index (χ2n) is 5.50. The number of benzene rings is 2. The van der Waals surface area contributed by atoms with Crippen molar-refractivity contribution in [2.45, 2.75) is 11.4 Å². The number of hydrogen-bond acceptors (Lipinski definition) is 4. The lowest BCUT2D eigenvalue weighted by Crippen LogP contribution is -2.29. The molecule has 0 radical (unpaired) electrons. The topological polar surface area (TPSA) is 64.0 Å². The van der Waals surface area contributed by atoms with Crippen LogP contribution < -0.4 is 10.9 Å². The molecule has 132 valence electrons. The van der Waals surface area contributed by atoms with Gasteiger partial charge in [-0.25, -0.2) is 4.68 Å². The summed E-state index contributed by atoms with van der Waals surface area (Å²) in [5.41, 5.74) is 1.75. The summed E-state index contributed by atoms with van der Waals surface area (Å²) in [6.07, 6.45) is 1.99. The fourth-order valence-corrected chi connectivity index (χ4v) is 2.88. The predicted molar refractivity (Wildman–Crippen MR) is 106 cm³/mol. The quantitative estimate of drug-likeness (QED) is 0.676. The maximum absolute atomic E-state index is 12.2. The summed E-state index contributed by atoms with van der Waals surface area (Å²) in [4.78, 5) is 25.4. The van der Waals surface area contributed by atoms with Gasteiger partial charge in [0, 0.05) is 27.2 Å². The zero-order valence-electron chi connectivity index (χ0n) is 14.0. The van der Waals surface area contributed by atoms with Crippen molar-refractivity contribution < 1.29 is 4.79 Å². The molecule has 1 heterocycles. The number of carbonyl (C=O) groups is 1. The molecule has 2 aromatic carbocycles. The van der Waals surface area contributed by atoms with Gasteiger partial charge in [0.25, 0.3) is 5.56 Å². The van der Waals surface area contributed by atoms with Crippen LogP contribution in [0.1, 0.15) is 0 Å². The number of anilines is 1. The van der Waals surface area contributed by atoms with Gasteiger partial charge in [0.1, 0.15) is 6.54 Å². The van der Waals surface area contributed by atoms with Gasteiger partial charge in [-0.05, 0) is 48.7 Å². The molecular formula is C19H16ClN3O2S. The zero-order chi connectivity index (χ0) is 18.5. The number of hydrogen-bond donors (Lipinski definition) is 1. The molecule has 0 saturated carbocycles. The average Bonchev–Trinajstić information content (AvgIpc) is 2.65. The Morgan fingerprint density at radius 3 is 2.42 bits per heavy atom. The van der Waals surface area contributed by atoms with Crippen LogP contribution in [-0.2, 0) is 11.3 Å². The Morgan fingerprint density at radius 1 is 1.08 bits per heavy atom. The Balaban J connectivity index is 1.75. The Bertz CT molecular complexity index is 969. The van der Waals surface area contributed by atoms with Crippen molar-refractivity contribution in [3.63, 3.8) is 0 Å². The fourth-order valence-electron chi connectivity index (χ4n) is 2.35. The van der Waals surface area contributed by atoms with E-state index in [0.29, 0.717) is 16.4 Å². The third kappa shape index (κ3) is 4.53. The molecule has 0 aliphatic heterocycles. The van der Waals surface area contributed by atoms with Crippen molar-refractivity contribution in [3.05, 3.63) is 76.0 Å². The van der Waals surface area contributed by atoms with Crippen LogP contribution in [-0.4, -0.2) is 21.9 Å². The summed E-state index contributed by atoms with van der Waals surface area (Å²) in [7, 11) is 0. The molecule has 0 fully saturated rings. The SMILES string of the molecule is CSc1ccc(NC(=O)Cn2nc(-c3ccc(Cl)cc3)ccc2=O)cc1. The van der Waals surface area contributed by atoms with Crippen molar-refractivity contribution in [1.29, 1.82) is 0 Å². The second-order valence-corrected chi connectivity index (χ2v) is 6.81. The molecule has 3 rings (SSSR count). The van der Waals surface area contributed by atoms with E-state index in [1.54, 1.807) is 30.0 Å². The van der Waals surface area contributed by atoms with E-state index in [1.807, 2.05) is 42.7 Å². The van der Waals surface area contributed by atoms with Crippen molar-refractivity contribution in [2.24, 2.45) is 0 Å². The lowest BCUT2D eigenvalue weighted by atomic mass is 10.1. The van der Waals surface area contributed by atoms with Crippen LogP contribution in [0.4, 0.5) is 5.69 Å². The third-order valence-electron chi connectivity index (χ3n) is 3.67. The standard InChI is InChI=1S/C19H16ClN3O2S/c1-26-16-8-6-15(7-9-16)21-18(24)12-23-19(25)11-10-17(22-23)13-2-4-14(20)5-3-13/h2-11H,12H2,1H3,(H,21,24). The highest BCUT2D eigenvalue weighted by Gasteiger charge is 2.08. The summed E-state index contributed by atoms with van der Waals surface area (Å²) in [6.45, 7) is -0.162. The van der Waals surface area contributed by atoms with E-state index in [-0.39, 0.29) is 18.0 Å². The van der Waals surface area contributed by atoms with Gasteiger partial charge in [0.15, 0.2) is 0 Å². The van der Waals surface area contributed by atoms with Crippen molar-refractivity contribution >= 4 is 35.0 Å². The molecule has 0 saturated heterocycles. The highest BCUT2D eigenvalue weighted by atomic mass is 35.5. The number of amides is 1. The summed E-state index contributed by atoms with van der Waals surface area (Å²) in [5.74, 6) is -0.315. The van der Waals surface area contributed by atoms with Crippen LogP contribution in [0.3, 0.4) is 0 Å². The van der Waals surface area contributed by atoms with Gasteiger partial charge in [0.2, 0.25) is 5.91 Å². The Hall–Kier alpha value is -2.57. The average molecular weight is 386 g/mol. The maximum atomic E-state index is 12.2. The Morgan fingerprint density at radius 2 is 1.77 bits per heavy atom. The molecule has 1 N–H and O–H groups in total. The number of thioether (sulfide) groups is 1. The lowest BCUT2D eigenvalue weighted by Gasteiger charge is -2.09. The summed E-state index contributed by atoms with van der Waals surface area (Å²) in [6, 6.07) is 17.6. The number of carbonyl (C=O) groups excluding carboxylic acids is 1. The molecule has 0 unspecified atom stereocenters. The van der Waals surface area contributed by atoms with Crippen LogP contribution in [0.5, 0.6) is 0 Å². The van der Waals surface area contributed by atoms with Gasteiger partial charge >= 0.3 is 0 Å². The first kappa shape index (κ1) is 18.2. The van der Waals surface area contributed by atoms with Crippen LogP contribution >= 0.6 is 23.4 Å². The summed E-state index contributed by atoms with van der Waals surface area (Å²) < 4.78 is 1.15. The normalized spacial score (nSPS) is 10.5. The first-order valence-electron chi connectivity index (χ1n) is 7.83. The second kappa shape index (κ2) is 8.21. The molecule has 7 heteroatoms. The number of halogens is 1. The van der Waals surface area contributed by atoms with Crippen LogP contribution in [0.2, 0.25) is 5.02 Å². The molecule has 0 atom stereocenters.